The van der Waals surface area contributed by atoms with Gasteiger partial charge in [0.15, 0.2) is 11.6 Å². The highest BCUT2D eigenvalue weighted by molar-refractivity contribution is 5.52. The molecule has 84 valence electrons. The van der Waals surface area contributed by atoms with Gasteiger partial charge in [-0.1, -0.05) is 0 Å². The van der Waals surface area contributed by atoms with Crippen LogP contribution in [0.15, 0.2) is 12.1 Å². The summed E-state index contributed by atoms with van der Waals surface area (Å²) in [5.74, 6) is 0.0792. The molecule has 1 aromatic carbocycles. The number of halogens is 1. The van der Waals surface area contributed by atoms with E-state index in [2.05, 4.69) is 6.07 Å². The van der Waals surface area contributed by atoms with Crippen LogP contribution in [0.4, 0.5) is 4.39 Å². The monoisotopic (exact) mass is 221 g/mol. The minimum absolute atomic E-state index is 0.150. The smallest absolute Gasteiger partial charge is 0.173 e. The van der Waals surface area contributed by atoms with Crippen LogP contribution in [0.2, 0.25) is 0 Å². The van der Waals surface area contributed by atoms with Crippen LogP contribution in [-0.2, 0) is 5.41 Å². The molecule has 3 nitrogen and oxygen atoms in total. The maximum absolute atomic E-state index is 14.1. The molecule has 0 radical (unpaired) electrons. The topological polar surface area (TPSA) is 42.2 Å². The number of hydrogen-bond acceptors (Lipinski definition) is 3. The predicted octanol–water partition coefficient (Wildman–Crippen LogP) is 2.40. The van der Waals surface area contributed by atoms with Gasteiger partial charge in [0, 0.05) is 0 Å². The van der Waals surface area contributed by atoms with Crippen LogP contribution in [0.5, 0.6) is 11.5 Å². The molecule has 0 unspecified atom stereocenters. The molecular formula is C12H12FNO2. The minimum atomic E-state index is -0.718. The van der Waals surface area contributed by atoms with E-state index in [0.717, 1.165) is 0 Å². The van der Waals surface area contributed by atoms with Crippen molar-refractivity contribution in [1.82, 2.24) is 0 Å². The first-order chi connectivity index (χ1) is 7.68. The van der Waals surface area contributed by atoms with Crippen LogP contribution in [0.3, 0.4) is 0 Å². The molecule has 0 saturated heterocycles. The van der Waals surface area contributed by atoms with Crippen molar-refractivity contribution in [2.45, 2.75) is 18.3 Å². The number of hydrogen-bond donors (Lipinski definition) is 0. The number of methoxy groups -OCH3 is 2. The Morgan fingerprint density at radius 2 is 1.81 bits per heavy atom. The zero-order valence-corrected chi connectivity index (χ0v) is 9.21. The van der Waals surface area contributed by atoms with E-state index in [0.29, 0.717) is 24.2 Å². The second kappa shape index (κ2) is 3.67. The van der Waals surface area contributed by atoms with Gasteiger partial charge < -0.3 is 9.47 Å². The van der Waals surface area contributed by atoms with Crippen LogP contribution in [-0.4, -0.2) is 14.2 Å². The van der Waals surface area contributed by atoms with Crippen LogP contribution < -0.4 is 9.47 Å². The first-order valence-corrected chi connectivity index (χ1v) is 5.01. The van der Waals surface area contributed by atoms with E-state index < -0.39 is 11.2 Å². The Morgan fingerprint density at radius 1 is 1.25 bits per heavy atom. The fourth-order valence-corrected chi connectivity index (χ4v) is 1.86. The van der Waals surface area contributed by atoms with E-state index in [1.165, 1.54) is 20.3 Å². The zero-order valence-electron chi connectivity index (χ0n) is 9.21. The van der Waals surface area contributed by atoms with Gasteiger partial charge in [0.2, 0.25) is 0 Å². The fourth-order valence-electron chi connectivity index (χ4n) is 1.86. The highest BCUT2D eigenvalue weighted by Crippen LogP contribution is 2.52. The van der Waals surface area contributed by atoms with Gasteiger partial charge in [-0.2, -0.15) is 5.26 Å². The van der Waals surface area contributed by atoms with E-state index in [1.807, 2.05) is 0 Å². The third-order valence-corrected chi connectivity index (χ3v) is 2.95. The zero-order chi connectivity index (χ0) is 11.8. The lowest BCUT2D eigenvalue weighted by Gasteiger charge is -2.15. The lowest BCUT2D eigenvalue weighted by molar-refractivity contribution is 0.369. The largest absolute Gasteiger partial charge is 0.496 e. The summed E-state index contributed by atoms with van der Waals surface area (Å²) in [6, 6.07) is 5.30. The Labute approximate surface area is 93.4 Å². The van der Waals surface area contributed by atoms with Crippen molar-refractivity contribution in [1.29, 1.82) is 5.26 Å². The molecule has 0 aromatic heterocycles. The van der Waals surface area contributed by atoms with Gasteiger partial charge in [-0.3, -0.25) is 0 Å². The summed E-state index contributed by atoms with van der Waals surface area (Å²) in [6.45, 7) is 0. The Morgan fingerprint density at radius 3 is 2.25 bits per heavy atom. The SMILES string of the molecule is COc1ccc(OC)c(C2(C#N)CC2)c1F. The van der Waals surface area contributed by atoms with Crippen molar-refractivity contribution < 1.29 is 13.9 Å². The molecule has 0 N–H and O–H groups in total. The number of nitrogens with zero attached hydrogens (tertiary/aromatic N) is 1. The van der Waals surface area contributed by atoms with E-state index in [1.54, 1.807) is 6.07 Å². The average molecular weight is 221 g/mol. The predicted molar refractivity (Wildman–Crippen MR) is 56.0 cm³/mol. The molecule has 2 rings (SSSR count). The first kappa shape index (κ1) is 10.7. The summed E-state index contributed by atoms with van der Waals surface area (Å²) in [6.07, 6.45) is 1.34. The van der Waals surface area contributed by atoms with Gasteiger partial charge in [-0.05, 0) is 25.0 Å². The van der Waals surface area contributed by atoms with Crippen molar-refractivity contribution in [3.05, 3.63) is 23.5 Å². The number of nitriles is 1. The third kappa shape index (κ3) is 1.40. The molecular weight excluding hydrogens is 209 g/mol. The molecule has 0 amide bonds. The first-order valence-electron chi connectivity index (χ1n) is 5.01. The summed E-state index contributed by atoms with van der Waals surface area (Å²) < 4.78 is 24.1. The summed E-state index contributed by atoms with van der Waals surface area (Å²) in [4.78, 5) is 0. The molecule has 1 aromatic rings. The second-order valence-electron chi connectivity index (χ2n) is 3.85. The quantitative estimate of drug-likeness (QED) is 0.787. The van der Waals surface area contributed by atoms with Crippen molar-refractivity contribution >= 4 is 0 Å². The highest BCUT2D eigenvalue weighted by Gasteiger charge is 2.49. The van der Waals surface area contributed by atoms with Crippen LogP contribution >= 0.6 is 0 Å². The molecule has 0 aliphatic heterocycles. The maximum atomic E-state index is 14.1. The maximum Gasteiger partial charge on any atom is 0.173 e. The Hall–Kier alpha value is -1.76. The highest BCUT2D eigenvalue weighted by atomic mass is 19.1. The Bertz CT molecular complexity index is 461. The van der Waals surface area contributed by atoms with Crippen LogP contribution in [0.1, 0.15) is 18.4 Å². The lowest BCUT2D eigenvalue weighted by Crippen LogP contribution is -2.09. The molecule has 1 aliphatic rings. The molecule has 1 fully saturated rings. The van der Waals surface area contributed by atoms with Crippen molar-refractivity contribution in [3.63, 3.8) is 0 Å². The molecule has 1 saturated carbocycles. The summed E-state index contributed by atoms with van der Waals surface area (Å²) >= 11 is 0. The van der Waals surface area contributed by atoms with Crippen molar-refractivity contribution in [2.75, 3.05) is 14.2 Å². The van der Waals surface area contributed by atoms with Gasteiger partial charge in [-0.15, -0.1) is 0 Å². The lowest BCUT2D eigenvalue weighted by atomic mass is 9.95. The number of ether oxygens (including phenoxy) is 2. The summed E-state index contributed by atoms with van der Waals surface area (Å²) in [5, 5.41) is 9.10. The van der Waals surface area contributed by atoms with Gasteiger partial charge >= 0.3 is 0 Å². The van der Waals surface area contributed by atoms with E-state index in [4.69, 9.17) is 14.7 Å². The van der Waals surface area contributed by atoms with E-state index >= 15 is 0 Å². The third-order valence-electron chi connectivity index (χ3n) is 2.95. The normalized spacial score (nSPS) is 16.4. The number of benzene rings is 1. The molecule has 16 heavy (non-hydrogen) atoms. The van der Waals surface area contributed by atoms with E-state index in [9.17, 15) is 4.39 Å². The molecule has 4 heteroatoms. The molecule has 0 heterocycles. The van der Waals surface area contributed by atoms with Crippen LogP contribution in [0, 0.1) is 17.1 Å². The minimum Gasteiger partial charge on any atom is -0.496 e. The van der Waals surface area contributed by atoms with Gasteiger partial charge in [-0.25, -0.2) is 4.39 Å². The van der Waals surface area contributed by atoms with Crippen molar-refractivity contribution in [2.24, 2.45) is 0 Å². The van der Waals surface area contributed by atoms with Gasteiger partial charge in [0.25, 0.3) is 0 Å². The molecule has 0 spiro atoms. The second-order valence-corrected chi connectivity index (χ2v) is 3.85. The molecule has 0 bridgehead atoms. The molecule has 1 aliphatic carbocycles. The van der Waals surface area contributed by atoms with Gasteiger partial charge in [0.1, 0.15) is 5.75 Å². The summed E-state index contributed by atoms with van der Waals surface area (Å²) in [5.41, 5.74) is -0.388. The standard InChI is InChI=1S/C12H12FNO2/c1-15-8-3-4-9(16-2)11(13)10(8)12(7-14)5-6-12/h3-4H,5-6H2,1-2H3. The Balaban J connectivity index is 2.61. The summed E-state index contributed by atoms with van der Waals surface area (Å²) in [7, 11) is 2.87. The van der Waals surface area contributed by atoms with Gasteiger partial charge in [0.05, 0.1) is 31.3 Å². The van der Waals surface area contributed by atoms with Crippen molar-refractivity contribution in [3.8, 4) is 17.6 Å². The average Bonchev–Trinajstić information content (AvgIpc) is 3.09. The Kier molecular flexibility index (Phi) is 2.47. The fraction of sp³-hybridized carbons (Fsp3) is 0.417. The van der Waals surface area contributed by atoms with Crippen LogP contribution in [0.25, 0.3) is 0 Å². The number of rotatable bonds is 3. The molecule has 0 atom stereocenters. The van der Waals surface area contributed by atoms with E-state index in [-0.39, 0.29) is 5.75 Å².